The van der Waals surface area contributed by atoms with E-state index in [1.54, 1.807) is 36.8 Å². The minimum atomic E-state index is 0.0182. The molecule has 1 fully saturated rings. The number of hydrogen-bond acceptors (Lipinski definition) is 6. The van der Waals surface area contributed by atoms with Crippen LogP contribution in [0.2, 0.25) is 0 Å². The third-order valence-corrected chi connectivity index (χ3v) is 5.41. The highest BCUT2D eigenvalue weighted by Crippen LogP contribution is 2.29. The summed E-state index contributed by atoms with van der Waals surface area (Å²) in [5.41, 5.74) is 1.64. The van der Waals surface area contributed by atoms with Crippen LogP contribution in [0.5, 0.6) is 5.88 Å². The van der Waals surface area contributed by atoms with Crippen LogP contribution in [0, 0.1) is 0 Å². The Morgan fingerprint density at radius 2 is 1.96 bits per heavy atom. The lowest BCUT2D eigenvalue weighted by Crippen LogP contribution is -2.48. The summed E-state index contributed by atoms with van der Waals surface area (Å²) < 4.78 is 6.29. The zero-order valence-corrected chi connectivity index (χ0v) is 14.7. The Kier molecular flexibility index (Phi) is 4.23. The van der Waals surface area contributed by atoms with Gasteiger partial charge in [0, 0.05) is 44.0 Å². The number of pyridine rings is 1. The largest absolute Gasteiger partial charge is 0.481 e. The summed E-state index contributed by atoms with van der Waals surface area (Å²) in [6, 6.07) is 11.6. The Balaban J connectivity index is 1.44. The third-order valence-electron chi connectivity index (χ3n) is 4.31. The number of carbonyl (C=O) groups excluding carboxylic acids is 1. The van der Waals surface area contributed by atoms with E-state index in [2.05, 4.69) is 16.0 Å². The number of carbonyl (C=O) groups is 1. The summed E-state index contributed by atoms with van der Waals surface area (Å²) in [6.45, 7) is 2.93. The summed E-state index contributed by atoms with van der Waals surface area (Å²) in [5.74, 6) is 0.476. The van der Waals surface area contributed by atoms with Gasteiger partial charge in [-0.3, -0.25) is 4.79 Å². The van der Waals surface area contributed by atoms with Crippen molar-refractivity contribution in [1.29, 1.82) is 0 Å². The zero-order chi connectivity index (χ0) is 17.2. The predicted octanol–water partition coefficient (Wildman–Crippen LogP) is 2.66. The molecule has 0 atom stereocenters. The van der Waals surface area contributed by atoms with E-state index in [1.807, 2.05) is 23.1 Å². The van der Waals surface area contributed by atoms with E-state index in [4.69, 9.17) is 9.72 Å². The second-order valence-corrected chi connectivity index (χ2v) is 6.84. The number of benzene rings is 1. The van der Waals surface area contributed by atoms with Gasteiger partial charge in [-0.05, 0) is 18.2 Å². The highest BCUT2D eigenvalue weighted by atomic mass is 32.1. The van der Waals surface area contributed by atoms with Gasteiger partial charge in [0.05, 0.1) is 17.3 Å². The third kappa shape index (κ3) is 3.15. The SMILES string of the molecule is COc1cc(C(=O)N2CCN(c3nc4ccccc4s3)CC2)ccn1. The summed E-state index contributed by atoms with van der Waals surface area (Å²) in [4.78, 5) is 25.5. The lowest BCUT2D eigenvalue weighted by Gasteiger charge is -2.34. The van der Waals surface area contributed by atoms with E-state index in [9.17, 15) is 4.79 Å². The Bertz CT molecular complexity index is 870. The highest BCUT2D eigenvalue weighted by molar-refractivity contribution is 7.22. The Hall–Kier alpha value is -2.67. The molecule has 128 valence electrons. The summed E-state index contributed by atoms with van der Waals surface area (Å²) in [5, 5.41) is 1.03. The molecule has 0 bridgehead atoms. The number of nitrogens with zero attached hydrogens (tertiary/aromatic N) is 4. The molecule has 0 saturated carbocycles. The Morgan fingerprint density at radius 1 is 1.16 bits per heavy atom. The first-order chi connectivity index (χ1) is 12.2. The molecule has 0 radical (unpaired) electrons. The molecule has 1 aliphatic heterocycles. The van der Waals surface area contributed by atoms with E-state index >= 15 is 0 Å². The number of ether oxygens (including phenoxy) is 1. The molecule has 1 aromatic carbocycles. The molecule has 0 aliphatic carbocycles. The molecule has 0 spiro atoms. The molecule has 4 rings (SSSR count). The monoisotopic (exact) mass is 354 g/mol. The number of anilines is 1. The quantitative estimate of drug-likeness (QED) is 0.724. The maximum atomic E-state index is 12.7. The number of thiazole rings is 1. The standard InChI is InChI=1S/C18H18N4O2S/c1-24-16-12-13(6-7-19-16)17(23)21-8-10-22(11-9-21)18-20-14-4-2-3-5-15(14)25-18/h2-7,12H,8-11H2,1H3. The topological polar surface area (TPSA) is 58.6 Å². The number of methoxy groups -OCH3 is 1. The van der Waals surface area contributed by atoms with Gasteiger partial charge in [0.15, 0.2) is 5.13 Å². The molecular formula is C18H18N4O2S. The minimum Gasteiger partial charge on any atom is -0.481 e. The second-order valence-electron chi connectivity index (χ2n) is 5.83. The predicted molar refractivity (Wildman–Crippen MR) is 98.5 cm³/mol. The van der Waals surface area contributed by atoms with Gasteiger partial charge in [-0.1, -0.05) is 23.5 Å². The van der Waals surface area contributed by atoms with Crippen molar-refractivity contribution in [2.45, 2.75) is 0 Å². The van der Waals surface area contributed by atoms with E-state index in [1.165, 1.54) is 4.70 Å². The lowest BCUT2D eigenvalue weighted by molar-refractivity contribution is 0.0746. The van der Waals surface area contributed by atoms with Crippen molar-refractivity contribution >= 4 is 32.6 Å². The molecule has 3 heterocycles. The Labute approximate surface area is 149 Å². The second kappa shape index (κ2) is 6.68. The molecular weight excluding hydrogens is 336 g/mol. The molecule has 7 heteroatoms. The van der Waals surface area contributed by atoms with Crippen molar-refractivity contribution in [2.75, 3.05) is 38.2 Å². The van der Waals surface area contributed by atoms with Crippen LogP contribution in [0.15, 0.2) is 42.6 Å². The zero-order valence-electron chi connectivity index (χ0n) is 13.9. The van der Waals surface area contributed by atoms with Gasteiger partial charge in [-0.25, -0.2) is 9.97 Å². The maximum absolute atomic E-state index is 12.7. The first kappa shape index (κ1) is 15.8. The van der Waals surface area contributed by atoms with Gasteiger partial charge in [0.1, 0.15) is 0 Å². The Morgan fingerprint density at radius 3 is 2.72 bits per heavy atom. The van der Waals surface area contributed by atoms with E-state index in [-0.39, 0.29) is 5.91 Å². The van der Waals surface area contributed by atoms with Crippen molar-refractivity contribution in [3.63, 3.8) is 0 Å². The van der Waals surface area contributed by atoms with Crippen LogP contribution in [0.4, 0.5) is 5.13 Å². The summed E-state index contributed by atoms with van der Waals surface area (Å²) in [6.07, 6.45) is 1.60. The minimum absolute atomic E-state index is 0.0182. The van der Waals surface area contributed by atoms with Crippen LogP contribution in [0.1, 0.15) is 10.4 Å². The van der Waals surface area contributed by atoms with Crippen molar-refractivity contribution in [2.24, 2.45) is 0 Å². The van der Waals surface area contributed by atoms with Crippen LogP contribution in [-0.4, -0.2) is 54.1 Å². The molecule has 3 aromatic rings. The highest BCUT2D eigenvalue weighted by Gasteiger charge is 2.24. The van der Waals surface area contributed by atoms with Gasteiger partial charge in [-0.15, -0.1) is 0 Å². The van der Waals surface area contributed by atoms with E-state index < -0.39 is 0 Å². The number of para-hydroxylation sites is 1. The fourth-order valence-corrected chi connectivity index (χ4v) is 3.95. The number of rotatable bonds is 3. The summed E-state index contributed by atoms with van der Waals surface area (Å²) >= 11 is 1.70. The molecule has 25 heavy (non-hydrogen) atoms. The molecule has 2 aromatic heterocycles. The number of amides is 1. The van der Waals surface area contributed by atoms with Crippen LogP contribution >= 0.6 is 11.3 Å². The molecule has 1 aliphatic rings. The fourth-order valence-electron chi connectivity index (χ4n) is 2.93. The average molecular weight is 354 g/mol. The van der Waals surface area contributed by atoms with Crippen LogP contribution < -0.4 is 9.64 Å². The fraction of sp³-hybridized carbons (Fsp3) is 0.278. The van der Waals surface area contributed by atoms with Gasteiger partial charge < -0.3 is 14.5 Å². The number of hydrogen-bond donors (Lipinski definition) is 0. The van der Waals surface area contributed by atoms with Crippen LogP contribution in [-0.2, 0) is 0 Å². The van der Waals surface area contributed by atoms with Crippen molar-refractivity contribution in [1.82, 2.24) is 14.9 Å². The average Bonchev–Trinajstić information content (AvgIpc) is 3.12. The number of piperazine rings is 1. The molecule has 6 nitrogen and oxygen atoms in total. The number of aromatic nitrogens is 2. The maximum Gasteiger partial charge on any atom is 0.254 e. The van der Waals surface area contributed by atoms with Gasteiger partial charge >= 0.3 is 0 Å². The lowest BCUT2D eigenvalue weighted by atomic mass is 10.2. The van der Waals surface area contributed by atoms with Gasteiger partial charge in [0.2, 0.25) is 5.88 Å². The van der Waals surface area contributed by atoms with Crippen molar-refractivity contribution < 1.29 is 9.53 Å². The smallest absolute Gasteiger partial charge is 0.254 e. The molecule has 1 amide bonds. The van der Waals surface area contributed by atoms with E-state index in [0.717, 1.165) is 23.7 Å². The molecule has 0 unspecified atom stereocenters. The molecule has 1 saturated heterocycles. The van der Waals surface area contributed by atoms with Crippen molar-refractivity contribution in [3.8, 4) is 5.88 Å². The first-order valence-corrected chi connectivity index (χ1v) is 8.96. The van der Waals surface area contributed by atoms with Gasteiger partial charge in [0.25, 0.3) is 5.91 Å². The van der Waals surface area contributed by atoms with Crippen LogP contribution in [0.25, 0.3) is 10.2 Å². The van der Waals surface area contributed by atoms with E-state index in [0.29, 0.717) is 24.5 Å². The normalized spacial score (nSPS) is 14.8. The van der Waals surface area contributed by atoms with Gasteiger partial charge in [-0.2, -0.15) is 0 Å². The van der Waals surface area contributed by atoms with Crippen LogP contribution in [0.3, 0.4) is 0 Å². The molecule has 0 N–H and O–H groups in total. The summed E-state index contributed by atoms with van der Waals surface area (Å²) in [7, 11) is 1.55. The van der Waals surface area contributed by atoms with Crippen molar-refractivity contribution in [3.05, 3.63) is 48.2 Å². The first-order valence-electron chi connectivity index (χ1n) is 8.14. The number of fused-ring (bicyclic) bond motifs is 1.